The highest BCUT2D eigenvalue weighted by atomic mass is 16.5. The Morgan fingerprint density at radius 3 is 1.58 bits per heavy atom. The van der Waals surface area contributed by atoms with Gasteiger partial charge in [0, 0.05) is 6.42 Å². The van der Waals surface area contributed by atoms with E-state index in [1.54, 1.807) is 6.08 Å². The van der Waals surface area contributed by atoms with Gasteiger partial charge in [-0.15, -0.1) is 0 Å². The van der Waals surface area contributed by atoms with Gasteiger partial charge in [-0.3, -0.25) is 4.79 Å². The molecule has 0 aromatic rings. The lowest BCUT2D eigenvalue weighted by Crippen LogP contribution is -1.98. The molecule has 2 nitrogen and oxygen atoms in total. The summed E-state index contributed by atoms with van der Waals surface area (Å²) in [7, 11) is 0. The Bertz CT molecular complexity index is 327. The minimum atomic E-state index is -0.140. The predicted molar refractivity (Wildman–Crippen MR) is 104 cm³/mol. The van der Waals surface area contributed by atoms with E-state index in [1.807, 2.05) is 6.92 Å². The minimum absolute atomic E-state index is 0.140. The normalized spacial score (nSPS) is 10.2. The fourth-order valence-electron chi connectivity index (χ4n) is 2.87. The molecule has 0 aliphatic heterocycles. The maximum absolute atomic E-state index is 11.3. The van der Waals surface area contributed by atoms with E-state index in [0.29, 0.717) is 6.42 Å². The molecule has 0 radical (unpaired) electrons. The lowest BCUT2D eigenvalue weighted by molar-refractivity contribution is -0.138. The number of hydrogen-bond donors (Lipinski definition) is 0. The second-order valence-electron chi connectivity index (χ2n) is 6.76. The standard InChI is InChI=1S/C22H40O2/c1-3-5-7-8-9-10-11-12-13-14-15-16-17-18-19-20-22(23)24-21-6-4-2/h4,21H,3,5,7-20H2,1-2H3. The maximum atomic E-state index is 11.3. The van der Waals surface area contributed by atoms with E-state index in [4.69, 9.17) is 4.74 Å². The van der Waals surface area contributed by atoms with Crippen molar-refractivity contribution >= 4 is 5.97 Å². The number of hydrogen-bond acceptors (Lipinski definition) is 2. The zero-order valence-electron chi connectivity index (χ0n) is 16.3. The Morgan fingerprint density at radius 2 is 1.17 bits per heavy atom. The molecule has 0 N–H and O–H groups in total. The van der Waals surface area contributed by atoms with Gasteiger partial charge in [0.05, 0.1) is 0 Å². The topological polar surface area (TPSA) is 26.3 Å². The molecule has 0 aromatic heterocycles. The average molecular weight is 337 g/mol. The van der Waals surface area contributed by atoms with Crippen LogP contribution >= 0.6 is 0 Å². The van der Waals surface area contributed by atoms with Crippen molar-refractivity contribution in [1.82, 2.24) is 0 Å². The van der Waals surface area contributed by atoms with Crippen LogP contribution in [-0.4, -0.2) is 5.97 Å². The van der Waals surface area contributed by atoms with Crippen LogP contribution in [0.5, 0.6) is 0 Å². The van der Waals surface area contributed by atoms with Crippen molar-refractivity contribution in [2.75, 3.05) is 0 Å². The predicted octanol–water partition coefficient (Wildman–Crippen LogP) is 7.48. The molecule has 0 saturated carbocycles. The summed E-state index contributed by atoms with van der Waals surface area (Å²) in [4.78, 5) is 11.3. The number of unbranched alkanes of at least 4 members (excludes halogenated alkanes) is 14. The minimum Gasteiger partial charge on any atom is -0.426 e. The van der Waals surface area contributed by atoms with Gasteiger partial charge in [-0.2, -0.15) is 0 Å². The second-order valence-corrected chi connectivity index (χ2v) is 6.76. The molecule has 0 unspecified atom stereocenters. The fourth-order valence-corrected chi connectivity index (χ4v) is 2.87. The van der Waals surface area contributed by atoms with Crippen molar-refractivity contribution in [3.8, 4) is 0 Å². The van der Waals surface area contributed by atoms with E-state index in [2.05, 4.69) is 12.7 Å². The Kier molecular flexibility index (Phi) is 19.2. The molecule has 2 heteroatoms. The molecule has 0 atom stereocenters. The number of allylic oxidation sites excluding steroid dienone is 1. The molecule has 0 amide bonds. The van der Waals surface area contributed by atoms with E-state index in [9.17, 15) is 4.79 Å². The molecule has 0 fully saturated rings. The smallest absolute Gasteiger partial charge is 0.311 e. The molecular weight excluding hydrogens is 296 g/mol. The molecule has 0 aliphatic carbocycles. The lowest BCUT2D eigenvalue weighted by atomic mass is 10.0. The van der Waals surface area contributed by atoms with Crippen molar-refractivity contribution in [3.63, 3.8) is 0 Å². The summed E-state index contributed by atoms with van der Waals surface area (Å²) in [5.74, 6) is -0.140. The zero-order valence-corrected chi connectivity index (χ0v) is 16.3. The first-order chi connectivity index (χ1) is 11.8. The molecule has 140 valence electrons. The van der Waals surface area contributed by atoms with Crippen LogP contribution < -0.4 is 0 Å². The van der Waals surface area contributed by atoms with E-state index >= 15 is 0 Å². The van der Waals surface area contributed by atoms with Gasteiger partial charge in [0.25, 0.3) is 0 Å². The van der Waals surface area contributed by atoms with Crippen LogP contribution in [0.2, 0.25) is 0 Å². The quantitative estimate of drug-likeness (QED) is 0.119. The van der Waals surface area contributed by atoms with Crippen LogP contribution in [0.25, 0.3) is 0 Å². The SMILES string of the molecule is CC=C=COC(=O)CCCCCCCCCCCCCCCCC. The number of rotatable bonds is 17. The summed E-state index contributed by atoms with van der Waals surface area (Å²) < 4.78 is 4.90. The Hall–Kier alpha value is -1.01. The summed E-state index contributed by atoms with van der Waals surface area (Å²) >= 11 is 0. The summed E-state index contributed by atoms with van der Waals surface area (Å²) in [5, 5.41) is 0. The van der Waals surface area contributed by atoms with Crippen LogP contribution in [0.1, 0.15) is 117 Å². The summed E-state index contributed by atoms with van der Waals surface area (Å²) in [5.41, 5.74) is 2.74. The third-order valence-electron chi connectivity index (χ3n) is 4.41. The first-order valence-corrected chi connectivity index (χ1v) is 10.4. The van der Waals surface area contributed by atoms with Crippen molar-refractivity contribution in [1.29, 1.82) is 0 Å². The van der Waals surface area contributed by atoms with E-state index in [1.165, 1.54) is 89.7 Å². The Balaban J connectivity index is 3.12. The zero-order chi connectivity index (χ0) is 17.7. The lowest BCUT2D eigenvalue weighted by Gasteiger charge is -2.03. The molecule has 0 spiro atoms. The number of ether oxygens (including phenoxy) is 1. The van der Waals surface area contributed by atoms with E-state index < -0.39 is 0 Å². The molecule has 24 heavy (non-hydrogen) atoms. The number of carbonyl (C=O) groups excluding carboxylic acids is 1. The molecule has 0 heterocycles. The summed E-state index contributed by atoms with van der Waals surface area (Å²) in [6, 6.07) is 0. The van der Waals surface area contributed by atoms with E-state index in [-0.39, 0.29) is 5.97 Å². The van der Waals surface area contributed by atoms with E-state index in [0.717, 1.165) is 12.8 Å². The third-order valence-corrected chi connectivity index (χ3v) is 4.41. The van der Waals surface area contributed by atoms with Crippen molar-refractivity contribution < 1.29 is 9.53 Å². The monoisotopic (exact) mass is 336 g/mol. The van der Waals surface area contributed by atoms with Gasteiger partial charge < -0.3 is 4.74 Å². The van der Waals surface area contributed by atoms with Crippen molar-refractivity contribution in [2.24, 2.45) is 0 Å². The third kappa shape index (κ3) is 19.0. The first kappa shape index (κ1) is 23.0. The molecule has 0 aromatic carbocycles. The van der Waals surface area contributed by atoms with Crippen molar-refractivity contribution in [2.45, 2.75) is 117 Å². The van der Waals surface area contributed by atoms with Gasteiger partial charge in [-0.25, -0.2) is 0 Å². The molecular formula is C22H40O2. The van der Waals surface area contributed by atoms with Crippen LogP contribution in [0.4, 0.5) is 0 Å². The van der Waals surface area contributed by atoms with Gasteiger partial charge in [-0.05, 0) is 19.4 Å². The Labute approximate surface area is 150 Å². The maximum Gasteiger partial charge on any atom is 0.311 e. The largest absolute Gasteiger partial charge is 0.426 e. The van der Waals surface area contributed by atoms with Crippen LogP contribution in [0.3, 0.4) is 0 Å². The van der Waals surface area contributed by atoms with Gasteiger partial charge in [0.2, 0.25) is 0 Å². The van der Waals surface area contributed by atoms with Crippen LogP contribution in [-0.2, 0) is 9.53 Å². The highest BCUT2D eigenvalue weighted by molar-refractivity contribution is 5.69. The van der Waals surface area contributed by atoms with Gasteiger partial charge >= 0.3 is 5.97 Å². The fraction of sp³-hybridized carbons (Fsp3) is 0.818. The molecule has 0 saturated heterocycles. The summed E-state index contributed by atoms with van der Waals surface area (Å²) in [6.45, 7) is 4.12. The van der Waals surface area contributed by atoms with Gasteiger partial charge in [-0.1, -0.05) is 103 Å². The van der Waals surface area contributed by atoms with Crippen molar-refractivity contribution in [3.05, 3.63) is 18.1 Å². The van der Waals surface area contributed by atoms with Gasteiger partial charge in [0.15, 0.2) is 0 Å². The highest BCUT2D eigenvalue weighted by Gasteiger charge is 2.00. The average Bonchev–Trinajstić information content (AvgIpc) is 2.58. The number of esters is 1. The highest BCUT2D eigenvalue weighted by Crippen LogP contribution is 2.13. The molecule has 0 rings (SSSR count). The van der Waals surface area contributed by atoms with Crippen LogP contribution in [0, 0.1) is 0 Å². The van der Waals surface area contributed by atoms with Gasteiger partial charge in [0.1, 0.15) is 6.26 Å². The first-order valence-electron chi connectivity index (χ1n) is 10.4. The second kappa shape index (κ2) is 20.0. The molecule has 0 aliphatic rings. The number of carbonyl (C=O) groups is 1. The van der Waals surface area contributed by atoms with Crippen LogP contribution in [0.15, 0.2) is 18.1 Å². The summed E-state index contributed by atoms with van der Waals surface area (Å²) in [6.07, 6.45) is 23.7. The Morgan fingerprint density at radius 1 is 0.750 bits per heavy atom. The molecule has 0 bridgehead atoms.